The number of amides is 1. The van der Waals surface area contributed by atoms with Crippen molar-refractivity contribution >= 4 is 11.6 Å². The summed E-state index contributed by atoms with van der Waals surface area (Å²) in [7, 11) is 0. The van der Waals surface area contributed by atoms with Gasteiger partial charge in [0, 0.05) is 11.8 Å². The predicted molar refractivity (Wildman–Crippen MR) is 96.1 cm³/mol. The summed E-state index contributed by atoms with van der Waals surface area (Å²) < 4.78 is 5.28. The lowest BCUT2D eigenvalue weighted by molar-refractivity contribution is 0.102. The van der Waals surface area contributed by atoms with Gasteiger partial charge in [0.15, 0.2) is 11.5 Å². The van der Waals surface area contributed by atoms with Crippen molar-refractivity contribution < 1.29 is 9.21 Å². The number of benzene rings is 2. The molecule has 1 amide bonds. The highest BCUT2D eigenvalue weighted by atomic mass is 16.3. The van der Waals surface area contributed by atoms with Crippen molar-refractivity contribution in [2.45, 2.75) is 0 Å². The molecule has 4 rings (SSSR count). The molecule has 5 nitrogen and oxygen atoms in total. The van der Waals surface area contributed by atoms with Crippen molar-refractivity contribution in [3.63, 3.8) is 0 Å². The Balaban J connectivity index is 1.48. The molecule has 0 aliphatic carbocycles. The summed E-state index contributed by atoms with van der Waals surface area (Å²) in [6, 6.07) is 23.0. The first-order valence-corrected chi connectivity index (χ1v) is 7.86. The van der Waals surface area contributed by atoms with Gasteiger partial charge in [0.05, 0.1) is 6.26 Å². The normalized spacial score (nSPS) is 10.6. The number of carbonyl (C=O) groups excluding carboxylic acids is 1. The van der Waals surface area contributed by atoms with Gasteiger partial charge in [-0.2, -0.15) is 5.10 Å². The van der Waals surface area contributed by atoms with E-state index in [4.69, 9.17) is 4.42 Å². The van der Waals surface area contributed by atoms with Crippen LogP contribution in [0.5, 0.6) is 0 Å². The minimum Gasteiger partial charge on any atom is -0.463 e. The van der Waals surface area contributed by atoms with E-state index in [1.54, 1.807) is 24.5 Å². The van der Waals surface area contributed by atoms with Crippen LogP contribution in [-0.4, -0.2) is 16.1 Å². The van der Waals surface area contributed by atoms with Gasteiger partial charge in [-0.3, -0.25) is 9.89 Å². The van der Waals surface area contributed by atoms with Crippen LogP contribution < -0.4 is 5.32 Å². The summed E-state index contributed by atoms with van der Waals surface area (Å²) in [5.41, 5.74) is 3.91. The number of H-pyrrole nitrogens is 1. The van der Waals surface area contributed by atoms with Crippen LogP contribution in [0.15, 0.2) is 83.5 Å². The molecule has 2 N–H and O–H groups in total. The quantitative estimate of drug-likeness (QED) is 0.575. The summed E-state index contributed by atoms with van der Waals surface area (Å²) in [5, 5.41) is 9.68. The molecule has 4 aromatic rings. The average Bonchev–Trinajstić information content (AvgIpc) is 3.35. The Morgan fingerprint density at radius 3 is 2.40 bits per heavy atom. The molecule has 0 saturated heterocycles. The molecule has 0 spiro atoms. The molecule has 0 aliphatic rings. The minimum absolute atomic E-state index is 0.276. The summed E-state index contributed by atoms with van der Waals surface area (Å²) in [6.07, 6.45) is 1.57. The second-order valence-corrected chi connectivity index (χ2v) is 5.54. The molecule has 0 radical (unpaired) electrons. The summed E-state index contributed by atoms with van der Waals surface area (Å²) >= 11 is 0. The molecule has 122 valence electrons. The number of aromatic nitrogens is 2. The molecule has 2 aromatic heterocycles. The zero-order valence-electron chi connectivity index (χ0n) is 13.3. The molecule has 0 unspecified atom stereocenters. The van der Waals surface area contributed by atoms with Crippen molar-refractivity contribution in [2.75, 3.05) is 5.32 Å². The Morgan fingerprint density at radius 2 is 1.68 bits per heavy atom. The SMILES string of the molecule is O=C(Nc1ccc(-c2ccccc2)cc1)c1cc(-c2ccco2)[nH]n1. The zero-order valence-corrected chi connectivity index (χ0v) is 13.3. The molecule has 0 atom stereocenters. The molecular weight excluding hydrogens is 314 g/mol. The van der Waals surface area contributed by atoms with E-state index in [2.05, 4.69) is 15.5 Å². The van der Waals surface area contributed by atoms with Crippen LogP contribution in [-0.2, 0) is 0 Å². The van der Waals surface area contributed by atoms with E-state index in [0.29, 0.717) is 22.8 Å². The number of nitrogens with one attached hydrogen (secondary N) is 2. The van der Waals surface area contributed by atoms with E-state index >= 15 is 0 Å². The third-order valence-electron chi connectivity index (χ3n) is 3.85. The van der Waals surface area contributed by atoms with Gasteiger partial charge >= 0.3 is 0 Å². The van der Waals surface area contributed by atoms with Gasteiger partial charge in [-0.25, -0.2) is 0 Å². The molecule has 5 heteroatoms. The van der Waals surface area contributed by atoms with Crippen molar-refractivity contribution in [3.05, 3.63) is 84.8 Å². The van der Waals surface area contributed by atoms with Crippen molar-refractivity contribution in [1.29, 1.82) is 0 Å². The lowest BCUT2D eigenvalue weighted by atomic mass is 10.1. The first kappa shape index (κ1) is 15.0. The summed E-state index contributed by atoms with van der Waals surface area (Å²) in [4.78, 5) is 12.3. The lowest BCUT2D eigenvalue weighted by Crippen LogP contribution is -2.12. The number of nitrogens with zero attached hydrogens (tertiary/aromatic N) is 1. The van der Waals surface area contributed by atoms with Gasteiger partial charge in [0.2, 0.25) is 0 Å². The maximum Gasteiger partial charge on any atom is 0.276 e. The van der Waals surface area contributed by atoms with Crippen molar-refractivity contribution in [2.24, 2.45) is 0 Å². The third-order valence-corrected chi connectivity index (χ3v) is 3.85. The number of carbonyl (C=O) groups is 1. The van der Waals surface area contributed by atoms with Crippen LogP contribution in [0.2, 0.25) is 0 Å². The van der Waals surface area contributed by atoms with Crippen LogP contribution in [0.25, 0.3) is 22.6 Å². The Labute approximate surface area is 144 Å². The van der Waals surface area contributed by atoms with E-state index < -0.39 is 0 Å². The Bertz CT molecular complexity index is 971. The first-order valence-electron chi connectivity index (χ1n) is 7.86. The highest BCUT2D eigenvalue weighted by molar-refractivity contribution is 6.03. The number of hydrogen-bond acceptors (Lipinski definition) is 3. The van der Waals surface area contributed by atoms with Gasteiger partial charge in [0.1, 0.15) is 5.69 Å². The molecule has 0 saturated carbocycles. The average molecular weight is 329 g/mol. The molecule has 2 heterocycles. The maximum atomic E-state index is 12.3. The Hall–Kier alpha value is -3.60. The van der Waals surface area contributed by atoms with Crippen LogP contribution in [0.1, 0.15) is 10.5 Å². The van der Waals surface area contributed by atoms with Crippen LogP contribution >= 0.6 is 0 Å². The summed E-state index contributed by atoms with van der Waals surface area (Å²) in [6.45, 7) is 0. The number of furan rings is 1. The molecule has 25 heavy (non-hydrogen) atoms. The number of aromatic amines is 1. The van der Waals surface area contributed by atoms with Crippen LogP contribution in [0.4, 0.5) is 5.69 Å². The second-order valence-electron chi connectivity index (χ2n) is 5.54. The topological polar surface area (TPSA) is 70.9 Å². The zero-order chi connectivity index (χ0) is 17.1. The van der Waals surface area contributed by atoms with Gasteiger partial charge in [-0.1, -0.05) is 42.5 Å². The Morgan fingerprint density at radius 1 is 0.920 bits per heavy atom. The molecular formula is C20H15N3O2. The highest BCUT2D eigenvalue weighted by Gasteiger charge is 2.13. The van der Waals surface area contributed by atoms with Crippen LogP contribution in [0.3, 0.4) is 0 Å². The van der Waals surface area contributed by atoms with E-state index in [-0.39, 0.29) is 5.91 Å². The fourth-order valence-electron chi connectivity index (χ4n) is 2.57. The predicted octanol–water partition coefficient (Wildman–Crippen LogP) is 4.59. The largest absolute Gasteiger partial charge is 0.463 e. The fourth-order valence-corrected chi connectivity index (χ4v) is 2.57. The van der Waals surface area contributed by atoms with Gasteiger partial charge in [-0.05, 0) is 35.4 Å². The number of rotatable bonds is 4. The minimum atomic E-state index is -0.276. The fraction of sp³-hybridized carbons (Fsp3) is 0. The smallest absolute Gasteiger partial charge is 0.276 e. The molecule has 0 aliphatic heterocycles. The van der Waals surface area contributed by atoms with E-state index in [1.165, 1.54) is 0 Å². The first-order chi connectivity index (χ1) is 12.3. The molecule has 2 aromatic carbocycles. The van der Waals surface area contributed by atoms with Gasteiger partial charge < -0.3 is 9.73 Å². The summed E-state index contributed by atoms with van der Waals surface area (Å²) in [5.74, 6) is 0.361. The maximum absolute atomic E-state index is 12.3. The van der Waals surface area contributed by atoms with Gasteiger partial charge in [-0.15, -0.1) is 0 Å². The molecule has 0 bridgehead atoms. The third kappa shape index (κ3) is 3.21. The van der Waals surface area contributed by atoms with Gasteiger partial charge in [0.25, 0.3) is 5.91 Å². The van der Waals surface area contributed by atoms with E-state index in [1.807, 2.05) is 54.6 Å². The van der Waals surface area contributed by atoms with E-state index in [9.17, 15) is 4.79 Å². The second kappa shape index (κ2) is 6.49. The number of anilines is 1. The van der Waals surface area contributed by atoms with Crippen molar-refractivity contribution in [3.8, 4) is 22.6 Å². The van der Waals surface area contributed by atoms with E-state index in [0.717, 1.165) is 11.1 Å². The van der Waals surface area contributed by atoms with Crippen molar-refractivity contribution in [1.82, 2.24) is 10.2 Å². The Kier molecular flexibility index (Phi) is 3.88. The van der Waals surface area contributed by atoms with Crippen LogP contribution in [0, 0.1) is 0 Å². The lowest BCUT2D eigenvalue weighted by Gasteiger charge is -2.05. The number of hydrogen-bond donors (Lipinski definition) is 2. The standard InChI is InChI=1S/C20H15N3O2/c24-20(18-13-17(22-23-18)19-7-4-12-25-19)21-16-10-8-15(9-11-16)14-5-2-1-3-6-14/h1-13H,(H,21,24)(H,22,23). The monoisotopic (exact) mass is 329 g/mol. The highest BCUT2D eigenvalue weighted by Crippen LogP contribution is 2.22. The molecule has 0 fully saturated rings.